The molecule has 0 saturated carbocycles. The molecule has 5 rings (SSSR count). The normalized spacial score (nSPS) is 18.7. The lowest BCUT2D eigenvalue weighted by Crippen LogP contribution is -2.47. The van der Waals surface area contributed by atoms with Gasteiger partial charge in [-0.1, -0.05) is 31.0 Å². The standard InChI is InChI=1S/C26H32N4O5S2/c1-27-15-17-28(18-16-27)26(31)25-20-21-19-23(36(32,33)29-13-7-2-3-8-14-29)11-12-24(21)30(25)37(34,35)22-9-5-4-6-10-22/h4-6,9-12,19-20H,2-3,7-8,13-18H2,1H3. The molecule has 9 nitrogen and oxygen atoms in total. The van der Waals surface area contributed by atoms with Crippen molar-refractivity contribution in [1.82, 2.24) is 18.1 Å². The molecule has 37 heavy (non-hydrogen) atoms. The quantitative estimate of drug-likeness (QED) is 0.490. The lowest BCUT2D eigenvalue weighted by atomic mass is 10.2. The van der Waals surface area contributed by atoms with Crippen LogP contribution < -0.4 is 0 Å². The van der Waals surface area contributed by atoms with E-state index in [0.29, 0.717) is 44.7 Å². The summed E-state index contributed by atoms with van der Waals surface area (Å²) >= 11 is 0. The Kier molecular flexibility index (Phi) is 7.14. The molecule has 2 saturated heterocycles. The lowest BCUT2D eigenvalue weighted by Gasteiger charge is -2.32. The van der Waals surface area contributed by atoms with Gasteiger partial charge in [0.1, 0.15) is 5.69 Å². The van der Waals surface area contributed by atoms with E-state index in [0.717, 1.165) is 29.7 Å². The van der Waals surface area contributed by atoms with Crippen molar-refractivity contribution in [1.29, 1.82) is 0 Å². The molecule has 2 aromatic carbocycles. The summed E-state index contributed by atoms with van der Waals surface area (Å²) in [5.41, 5.74) is 0.281. The molecule has 1 aromatic heterocycles. The maximum Gasteiger partial charge on any atom is 0.271 e. The van der Waals surface area contributed by atoms with Crippen LogP contribution in [0.15, 0.2) is 64.4 Å². The number of sulfonamides is 1. The monoisotopic (exact) mass is 544 g/mol. The number of carbonyl (C=O) groups excluding carboxylic acids is 1. The fourth-order valence-corrected chi connectivity index (χ4v) is 8.12. The van der Waals surface area contributed by atoms with Gasteiger partial charge in [-0.25, -0.2) is 20.8 Å². The highest BCUT2D eigenvalue weighted by Gasteiger charge is 2.31. The SMILES string of the molecule is CN1CCN(C(=O)c2cc3cc(S(=O)(=O)N4CCCCCC4)ccc3n2S(=O)(=O)c2ccccc2)CC1. The van der Waals surface area contributed by atoms with Crippen LogP contribution in [0, 0.1) is 0 Å². The molecular formula is C26H32N4O5S2. The molecule has 0 bridgehead atoms. The summed E-state index contributed by atoms with van der Waals surface area (Å²) < 4.78 is 57.0. The van der Waals surface area contributed by atoms with Crippen molar-refractivity contribution in [2.45, 2.75) is 35.5 Å². The Morgan fingerprint density at radius 1 is 0.703 bits per heavy atom. The number of fused-ring (bicyclic) bond motifs is 1. The minimum atomic E-state index is -4.12. The third-order valence-corrected chi connectivity index (χ3v) is 10.9. The van der Waals surface area contributed by atoms with Crippen molar-refractivity contribution in [2.75, 3.05) is 46.3 Å². The van der Waals surface area contributed by atoms with E-state index in [-0.39, 0.29) is 26.9 Å². The first-order valence-electron chi connectivity index (χ1n) is 12.6. The van der Waals surface area contributed by atoms with Gasteiger partial charge in [0.2, 0.25) is 10.0 Å². The van der Waals surface area contributed by atoms with Crippen LogP contribution in [-0.2, 0) is 20.0 Å². The van der Waals surface area contributed by atoms with Crippen molar-refractivity contribution in [3.05, 3.63) is 60.3 Å². The Labute approximate surface area is 218 Å². The zero-order valence-electron chi connectivity index (χ0n) is 20.9. The highest BCUT2D eigenvalue weighted by Crippen LogP contribution is 2.30. The molecule has 2 fully saturated rings. The number of benzene rings is 2. The molecular weight excluding hydrogens is 512 g/mol. The van der Waals surface area contributed by atoms with Crippen molar-refractivity contribution in [3.63, 3.8) is 0 Å². The minimum Gasteiger partial charge on any atom is -0.335 e. The first-order chi connectivity index (χ1) is 17.7. The number of likely N-dealkylation sites (N-methyl/N-ethyl adjacent to an activating group) is 1. The molecule has 0 aliphatic carbocycles. The topological polar surface area (TPSA) is 100 Å². The number of hydrogen-bond donors (Lipinski definition) is 0. The van der Waals surface area contributed by atoms with Gasteiger partial charge in [0.05, 0.1) is 15.3 Å². The zero-order chi connectivity index (χ0) is 26.2. The van der Waals surface area contributed by atoms with Crippen molar-refractivity contribution >= 4 is 36.9 Å². The predicted molar refractivity (Wildman–Crippen MR) is 142 cm³/mol. The van der Waals surface area contributed by atoms with Crippen LogP contribution in [0.2, 0.25) is 0 Å². The number of nitrogens with zero attached hydrogens (tertiary/aromatic N) is 4. The van der Waals surface area contributed by atoms with E-state index < -0.39 is 20.0 Å². The highest BCUT2D eigenvalue weighted by molar-refractivity contribution is 7.90. The van der Waals surface area contributed by atoms with Gasteiger partial charge >= 0.3 is 0 Å². The second-order valence-corrected chi connectivity index (χ2v) is 13.5. The van der Waals surface area contributed by atoms with Gasteiger partial charge in [0, 0.05) is 44.7 Å². The first-order valence-corrected chi connectivity index (χ1v) is 15.5. The Hall–Kier alpha value is -2.73. The molecule has 11 heteroatoms. The van der Waals surface area contributed by atoms with Crippen LogP contribution in [0.3, 0.4) is 0 Å². The summed E-state index contributed by atoms with van der Waals surface area (Å²) in [6.07, 6.45) is 3.64. The zero-order valence-corrected chi connectivity index (χ0v) is 22.5. The van der Waals surface area contributed by atoms with E-state index in [2.05, 4.69) is 4.90 Å². The summed E-state index contributed by atoms with van der Waals surface area (Å²) in [6.45, 7) is 3.28. The van der Waals surface area contributed by atoms with Gasteiger partial charge in [-0.3, -0.25) is 4.79 Å². The number of hydrogen-bond acceptors (Lipinski definition) is 6. The molecule has 3 heterocycles. The second-order valence-electron chi connectivity index (χ2n) is 9.75. The van der Waals surface area contributed by atoms with Gasteiger partial charge in [0.25, 0.3) is 15.9 Å². The predicted octanol–water partition coefficient (Wildman–Crippen LogP) is 2.83. The van der Waals surface area contributed by atoms with E-state index in [1.165, 1.54) is 40.7 Å². The average Bonchev–Trinajstić information content (AvgIpc) is 3.07. The van der Waals surface area contributed by atoms with Gasteiger partial charge < -0.3 is 9.80 Å². The fourth-order valence-electron chi connectivity index (χ4n) is 5.04. The molecule has 3 aromatic rings. The average molecular weight is 545 g/mol. The number of aromatic nitrogens is 1. The minimum absolute atomic E-state index is 0.00715. The van der Waals surface area contributed by atoms with E-state index in [9.17, 15) is 21.6 Å². The van der Waals surface area contributed by atoms with Crippen LogP contribution in [0.5, 0.6) is 0 Å². The summed E-state index contributed by atoms with van der Waals surface area (Å²) in [4.78, 5) is 17.6. The van der Waals surface area contributed by atoms with Crippen molar-refractivity contribution in [2.24, 2.45) is 0 Å². The first kappa shape index (κ1) is 25.9. The van der Waals surface area contributed by atoms with Gasteiger partial charge in [-0.2, -0.15) is 4.31 Å². The summed E-state index contributed by atoms with van der Waals surface area (Å²) in [6, 6.07) is 13.9. The summed E-state index contributed by atoms with van der Waals surface area (Å²) in [5.74, 6) is -0.388. The third-order valence-electron chi connectivity index (χ3n) is 7.22. The molecule has 1 amide bonds. The maximum absolute atomic E-state index is 13.8. The second kappa shape index (κ2) is 10.2. The molecule has 198 valence electrons. The molecule has 2 aliphatic heterocycles. The molecule has 0 spiro atoms. The fraction of sp³-hybridized carbons (Fsp3) is 0.423. The van der Waals surface area contributed by atoms with Crippen molar-refractivity contribution < 1.29 is 21.6 Å². The third kappa shape index (κ3) is 4.93. The summed E-state index contributed by atoms with van der Waals surface area (Å²) in [7, 11) is -5.89. The van der Waals surface area contributed by atoms with Crippen LogP contribution in [0.25, 0.3) is 10.9 Å². The summed E-state index contributed by atoms with van der Waals surface area (Å²) in [5, 5.41) is 0.396. The van der Waals surface area contributed by atoms with Gasteiger partial charge in [-0.15, -0.1) is 0 Å². The smallest absolute Gasteiger partial charge is 0.271 e. The molecule has 2 aliphatic rings. The highest BCUT2D eigenvalue weighted by atomic mass is 32.2. The maximum atomic E-state index is 13.8. The Morgan fingerprint density at radius 2 is 1.35 bits per heavy atom. The van der Waals surface area contributed by atoms with E-state index in [1.54, 1.807) is 23.1 Å². The van der Waals surface area contributed by atoms with E-state index in [4.69, 9.17) is 0 Å². The number of carbonyl (C=O) groups is 1. The van der Waals surface area contributed by atoms with E-state index in [1.807, 2.05) is 7.05 Å². The van der Waals surface area contributed by atoms with Crippen LogP contribution in [0.4, 0.5) is 0 Å². The molecule has 0 N–H and O–H groups in total. The molecule has 0 unspecified atom stereocenters. The van der Waals surface area contributed by atoms with Crippen LogP contribution in [-0.4, -0.2) is 87.1 Å². The van der Waals surface area contributed by atoms with Gasteiger partial charge in [-0.05, 0) is 56.3 Å². The lowest BCUT2D eigenvalue weighted by molar-refractivity contribution is 0.0657. The number of amides is 1. The van der Waals surface area contributed by atoms with Crippen LogP contribution >= 0.6 is 0 Å². The molecule has 0 atom stereocenters. The largest absolute Gasteiger partial charge is 0.335 e. The van der Waals surface area contributed by atoms with Crippen molar-refractivity contribution in [3.8, 4) is 0 Å². The number of piperazine rings is 1. The Morgan fingerprint density at radius 3 is 2.00 bits per heavy atom. The Balaban J connectivity index is 1.64. The van der Waals surface area contributed by atoms with E-state index >= 15 is 0 Å². The number of rotatable bonds is 5. The Bertz CT molecular complexity index is 1500. The molecule has 0 radical (unpaired) electrons. The van der Waals surface area contributed by atoms with Crippen LogP contribution in [0.1, 0.15) is 36.2 Å². The van der Waals surface area contributed by atoms with Gasteiger partial charge in [0.15, 0.2) is 0 Å².